The van der Waals surface area contributed by atoms with Gasteiger partial charge in [0.2, 0.25) is 0 Å². The van der Waals surface area contributed by atoms with Gasteiger partial charge in [0, 0.05) is 28.3 Å². The standard InChI is InChI=1S/C28H25F2NO5/c1-16-25(26(32)17-8-10-18(35-4)11-9-17)20-13-12-19(36-28(2,3)27(33)34)14-24(20)31(16)15-21-22(29)6-5-7-23(21)30/h5-14H,15H2,1-4H3,(H,33,34). The summed E-state index contributed by atoms with van der Waals surface area (Å²) in [5.41, 5.74) is 0.102. The predicted molar refractivity (Wildman–Crippen MR) is 131 cm³/mol. The van der Waals surface area contributed by atoms with E-state index in [1.165, 1.54) is 39.2 Å². The fourth-order valence-corrected chi connectivity index (χ4v) is 4.08. The molecule has 0 spiro atoms. The van der Waals surface area contributed by atoms with E-state index in [1.807, 2.05) is 0 Å². The molecule has 8 heteroatoms. The lowest BCUT2D eigenvalue weighted by atomic mass is 10.0. The van der Waals surface area contributed by atoms with Crippen LogP contribution in [0, 0.1) is 18.6 Å². The number of carboxylic acids is 1. The number of fused-ring (bicyclic) bond motifs is 1. The first-order chi connectivity index (χ1) is 17.0. The average molecular weight is 494 g/mol. The maximum atomic E-state index is 14.5. The number of rotatable bonds is 8. The Morgan fingerprint density at radius 2 is 1.58 bits per heavy atom. The summed E-state index contributed by atoms with van der Waals surface area (Å²) in [4.78, 5) is 25.1. The first kappa shape index (κ1) is 24.9. The second kappa shape index (κ2) is 9.45. The van der Waals surface area contributed by atoms with Crippen molar-refractivity contribution in [2.45, 2.75) is 32.9 Å². The number of aromatic nitrogens is 1. The summed E-state index contributed by atoms with van der Waals surface area (Å²) in [6.07, 6.45) is 0. The summed E-state index contributed by atoms with van der Waals surface area (Å²) < 4.78 is 41.6. The number of hydrogen-bond acceptors (Lipinski definition) is 4. The zero-order chi connectivity index (χ0) is 26.2. The molecule has 4 aromatic rings. The normalized spacial score (nSPS) is 11.5. The van der Waals surface area contributed by atoms with Crippen molar-refractivity contribution in [1.82, 2.24) is 4.57 Å². The lowest BCUT2D eigenvalue weighted by Crippen LogP contribution is -2.37. The lowest BCUT2D eigenvalue weighted by molar-refractivity contribution is -0.152. The van der Waals surface area contributed by atoms with Crippen LogP contribution in [0.2, 0.25) is 0 Å². The number of carbonyl (C=O) groups excluding carboxylic acids is 1. The van der Waals surface area contributed by atoms with E-state index in [9.17, 15) is 23.5 Å². The second-order valence-corrected chi connectivity index (χ2v) is 8.90. The fraction of sp³-hybridized carbons (Fsp3) is 0.214. The number of hydrogen-bond donors (Lipinski definition) is 1. The van der Waals surface area contributed by atoms with Gasteiger partial charge in [0.1, 0.15) is 23.1 Å². The maximum Gasteiger partial charge on any atom is 0.347 e. The molecule has 0 aliphatic rings. The minimum atomic E-state index is -1.51. The Kier molecular flexibility index (Phi) is 6.54. The zero-order valence-corrected chi connectivity index (χ0v) is 20.3. The lowest BCUT2D eigenvalue weighted by Gasteiger charge is -2.21. The number of carbonyl (C=O) groups is 2. The molecule has 186 valence electrons. The van der Waals surface area contributed by atoms with Crippen molar-refractivity contribution in [3.8, 4) is 11.5 Å². The predicted octanol–water partition coefficient (Wildman–Crippen LogP) is 5.76. The first-order valence-electron chi connectivity index (χ1n) is 11.2. The molecule has 0 unspecified atom stereocenters. The van der Waals surface area contributed by atoms with Crippen LogP contribution < -0.4 is 9.47 Å². The fourth-order valence-electron chi connectivity index (χ4n) is 4.08. The quantitative estimate of drug-likeness (QED) is 0.316. The topological polar surface area (TPSA) is 77.8 Å². The number of halogens is 2. The van der Waals surface area contributed by atoms with Crippen LogP contribution in [-0.4, -0.2) is 34.1 Å². The van der Waals surface area contributed by atoms with Crippen LogP contribution in [0.5, 0.6) is 11.5 Å². The third-order valence-corrected chi connectivity index (χ3v) is 6.14. The van der Waals surface area contributed by atoms with Crippen LogP contribution in [0.4, 0.5) is 8.78 Å². The van der Waals surface area contributed by atoms with Gasteiger partial charge >= 0.3 is 5.97 Å². The van der Waals surface area contributed by atoms with E-state index in [0.717, 1.165) is 0 Å². The molecule has 6 nitrogen and oxygen atoms in total. The molecule has 3 aromatic carbocycles. The summed E-state index contributed by atoms with van der Waals surface area (Å²) in [5, 5.41) is 9.99. The zero-order valence-electron chi connectivity index (χ0n) is 20.3. The molecule has 0 saturated carbocycles. The van der Waals surface area contributed by atoms with Crippen molar-refractivity contribution in [3.63, 3.8) is 0 Å². The third kappa shape index (κ3) is 4.54. The molecule has 36 heavy (non-hydrogen) atoms. The van der Waals surface area contributed by atoms with Gasteiger partial charge in [-0.2, -0.15) is 0 Å². The van der Waals surface area contributed by atoms with E-state index in [1.54, 1.807) is 54.0 Å². The molecule has 4 rings (SSSR count). The molecule has 0 amide bonds. The molecular weight excluding hydrogens is 468 g/mol. The van der Waals surface area contributed by atoms with E-state index >= 15 is 0 Å². The summed E-state index contributed by atoms with van der Waals surface area (Å²) in [7, 11) is 1.53. The Hall–Kier alpha value is -4.20. The number of nitrogens with zero attached hydrogens (tertiary/aromatic N) is 1. The minimum Gasteiger partial charge on any atom is -0.497 e. The van der Waals surface area contributed by atoms with Crippen molar-refractivity contribution in [3.05, 3.63) is 94.7 Å². The van der Waals surface area contributed by atoms with E-state index in [2.05, 4.69) is 0 Å². The van der Waals surface area contributed by atoms with Crippen LogP contribution in [0.15, 0.2) is 60.7 Å². The number of benzene rings is 3. The van der Waals surface area contributed by atoms with Crippen LogP contribution in [0.25, 0.3) is 10.9 Å². The molecule has 0 bridgehead atoms. The van der Waals surface area contributed by atoms with Gasteiger partial charge in [-0.15, -0.1) is 0 Å². The number of aliphatic carboxylic acids is 1. The van der Waals surface area contributed by atoms with Crippen LogP contribution >= 0.6 is 0 Å². The highest BCUT2D eigenvalue weighted by molar-refractivity contribution is 6.17. The van der Waals surface area contributed by atoms with E-state index in [4.69, 9.17) is 9.47 Å². The van der Waals surface area contributed by atoms with Crippen molar-refractivity contribution in [2.75, 3.05) is 7.11 Å². The molecule has 1 aromatic heterocycles. The highest BCUT2D eigenvalue weighted by Gasteiger charge is 2.30. The summed E-state index contributed by atoms with van der Waals surface area (Å²) in [6, 6.07) is 15.1. The SMILES string of the molecule is COc1ccc(C(=O)c2c(C)n(Cc3c(F)cccc3F)c3cc(OC(C)(C)C(=O)O)ccc23)cc1. The summed E-state index contributed by atoms with van der Waals surface area (Å²) >= 11 is 0. The Balaban J connectivity index is 1.90. The molecular formula is C28H25F2NO5. The Bertz CT molecular complexity index is 1450. The minimum absolute atomic E-state index is 0.155. The van der Waals surface area contributed by atoms with Crippen LogP contribution in [0.1, 0.15) is 41.0 Å². The highest BCUT2D eigenvalue weighted by atomic mass is 19.1. The van der Waals surface area contributed by atoms with Gasteiger partial charge in [-0.05, 0) is 69.3 Å². The number of carboxylic acid groups (broad SMARTS) is 1. The highest BCUT2D eigenvalue weighted by Crippen LogP contribution is 2.33. The van der Waals surface area contributed by atoms with Crippen molar-refractivity contribution in [1.29, 1.82) is 0 Å². The smallest absolute Gasteiger partial charge is 0.347 e. The van der Waals surface area contributed by atoms with Gasteiger partial charge in [-0.3, -0.25) is 4.79 Å². The molecule has 1 heterocycles. The van der Waals surface area contributed by atoms with Gasteiger partial charge in [0.05, 0.1) is 24.7 Å². The van der Waals surface area contributed by atoms with Crippen molar-refractivity contribution < 1.29 is 33.0 Å². The van der Waals surface area contributed by atoms with Crippen LogP contribution in [-0.2, 0) is 11.3 Å². The van der Waals surface area contributed by atoms with Crippen LogP contribution in [0.3, 0.4) is 0 Å². The maximum absolute atomic E-state index is 14.5. The van der Waals surface area contributed by atoms with Gasteiger partial charge in [0.15, 0.2) is 11.4 Å². The number of ketones is 1. The van der Waals surface area contributed by atoms with E-state index in [-0.39, 0.29) is 23.6 Å². The average Bonchev–Trinajstić information content (AvgIpc) is 3.11. The monoisotopic (exact) mass is 493 g/mol. The van der Waals surface area contributed by atoms with E-state index < -0.39 is 23.2 Å². The van der Waals surface area contributed by atoms with Gasteiger partial charge in [0.25, 0.3) is 0 Å². The molecule has 0 atom stereocenters. The molecule has 0 radical (unpaired) electrons. The van der Waals surface area contributed by atoms with Crippen molar-refractivity contribution in [2.24, 2.45) is 0 Å². The number of ether oxygens (including phenoxy) is 2. The van der Waals surface area contributed by atoms with Gasteiger partial charge in [-0.1, -0.05) is 6.07 Å². The van der Waals surface area contributed by atoms with E-state index in [0.29, 0.717) is 33.5 Å². The Labute approximate surface area is 206 Å². The van der Waals surface area contributed by atoms with Gasteiger partial charge < -0.3 is 19.1 Å². The third-order valence-electron chi connectivity index (χ3n) is 6.14. The molecule has 0 aliphatic heterocycles. The molecule has 1 N–H and O–H groups in total. The molecule has 0 saturated heterocycles. The number of methoxy groups -OCH3 is 1. The van der Waals surface area contributed by atoms with Gasteiger partial charge in [-0.25, -0.2) is 13.6 Å². The molecule has 0 fully saturated rings. The second-order valence-electron chi connectivity index (χ2n) is 8.90. The van der Waals surface area contributed by atoms with Crippen molar-refractivity contribution >= 4 is 22.7 Å². The first-order valence-corrected chi connectivity index (χ1v) is 11.2. The molecule has 0 aliphatic carbocycles. The largest absolute Gasteiger partial charge is 0.497 e. The Morgan fingerprint density at radius 3 is 2.17 bits per heavy atom. The Morgan fingerprint density at radius 1 is 0.972 bits per heavy atom. The summed E-state index contributed by atoms with van der Waals surface area (Å²) in [5.74, 6) is -2.00. The summed E-state index contributed by atoms with van der Waals surface area (Å²) in [6.45, 7) is 4.36.